The number of carboxylic acid groups (broad SMARTS) is 1. The number of carboxylic acids is 1. The van der Waals surface area contributed by atoms with Gasteiger partial charge in [-0.05, 0) is 0 Å². The first-order valence-corrected chi connectivity index (χ1v) is 4.85. The van der Waals surface area contributed by atoms with E-state index in [1.807, 2.05) is 0 Å². The van der Waals surface area contributed by atoms with Crippen molar-refractivity contribution in [3.63, 3.8) is 0 Å². The Hall–Kier alpha value is -2.05. The van der Waals surface area contributed by atoms with Gasteiger partial charge < -0.3 is 19.3 Å². The van der Waals surface area contributed by atoms with E-state index in [-0.39, 0.29) is 5.75 Å². The summed E-state index contributed by atoms with van der Waals surface area (Å²) < 4.78 is 42.1. The Labute approximate surface area is 102 Å². The Kier molecular flexibility index (Phi) is 4.30. The number of hydrogen-bond donors (Lipinski definition) is 1. The van der Waals surface area contributed by atoms with Gasteiger partial charge in [-0.2, -0.15) is 0 Å². The second kappa shape index (κ2) is 5.52. The summed E-state index contributed by atoms with van der Waals surface area (Å²) in [7, 11) is 3.50. The van der Waals surface area contributed by atoms with E-state index in [0.717, 1.165) is 14.2 Å². The number of rotatable bonds is 5. The molecule has 1 rings (SSSR count). The molecule has 0 amide bonds. The number of carbonyl (C=O) groups is 1. The lowest BCUT2D eigenvalue weighted by molar-refractivity contribution is -0.136. The summed E-state index contributed by atoms with van der Waals surface area (Å²) in [5.41, 5.74) is -0.642. The van der Waals surface area contributed by atoms with Gasteiger partial charge in [-0.15, -0.1) is 0 Å². The van der Waals surface area contributed by atoms with Crippen LogP contribution >= 0.6 is 0 Å². The average molecular weight is 262 g/mol. The van der Waals surface area contributed by atoms with Crippen LogP contribution in [0.2, 0.25) is 0 Å². The number of ether oxygens (including phenoxy) is 3. The first kappa shape index (κ1) is 14.0. The molecule has 0 aliphatic carbocycles. The molecule has 0 bridgehead atoms. The quantitative estimate of drug-likeness (QED) is 0.873. The fourth-order valence-corrected chi connectivity index (χ4v) is 1.53. The van der Waals surface area contributed by atoms with E-state index in [2.05, 4.69) is 0 Å². The fourth-order valence-electron chi connectivity index (χ4n) is 1.53. The van der Waals surface area contributed by atoms with E-state index in [4.69, 9.17) is 19.3 Å². The SMILES string of the molecule is COc1c(F)c(CC(=O)O)c(F)c(OC)c1OC. The summed E-state index contributed by atoms with van der Waals surface area (Å²) in [5, 5.41) is 8.62. The van der Waals surface area contributed by atoms with E-state index in [1.165, 1.54) is 7.11 Å². The number of halogens is 2. The molecule has 1 aromatic rings. The number of hydrogen-bond acceptors (Lipinski definition) is 4. The highest BCUT2D eigenvalue weighted by Gasteiger charge is 2.28. The standard InChI is InChI=1S/C11H12F2O5/c1-16-9-7(12)5(4-6(14)15)8(13)10(17-2)11(9)18-3/h4H2,1-3H3,(H,14,15). The van der Waals surface area contributed by atoms with Crippen LogP contribution in [0.25, 0.3) is 0 Å². The van der Waals surface area contributed by atoms with Gasteiger partial charge in [-0.3, -0.25) is 4.79 Å². The van der Waals surface area contributed by atoms with Gasteiger partial charge in [0.15, 0.2) is 11.6 Å². The van der Waals surface area contributed by atoms with E-state index < -0.39 is 41.1 Å². The zero-order valence-corrected chi connectivity index (χ0v) is 10.0. The molecule has 0 atom stereocenters. The highest BCUT2D eigenvalue weighted by atomic mass is 19.1. The molecular weight excluding hydrogens is 250 g/mol. The molecule has 100 valence electrons. The van der Waals surface area contributed by atoms with Gasteiger partial charge in [-0.25, -0.2) is 8.78 Å². The molecular formula is C11H12F2O5. The van der Waals surface area contributed by atoms with Crippen LogP contribution in [-0.2, 0) is 11.2 Å². The topological polar surface area (TPSA) is 65.0 Å². The minimum absolute atomic E-state index is 0.260. The molecule has 5 nitrogen and oxygen atoms in total. The Balaban J connectivity index is 3.58. The highest BCUT2D eigenvalue weighted by molar-refractivity contribution is 5.72. The Morgan fingerprint density at radius 1 is 1.00 bits per heavy atom. The van der Waals surface area contributed by atoms with Crippen molar-refractivity contribution in [1.82, 2.24) is 0 Å². The van der Waals surface area contributed by atoms with Crippen molar-refractivity contribution in [3.05, 3.63) is 17.2 Å². The second-order valence-corrected chi connectivity index (χ2v) is 3.28. The monoisotopic (exact) mass is 262 g/mol. The lowest BCUT2D eigenvalue weighted by Gasteiger charge is -2.16. The molecule has 0 heterocycles. The van der Waals surface area contributed by atoms with Crippen LogP contribution in [0.5, 0.6) is 17.2 Å². The molecule has 0 aliphatic rings. The second-order valence-electron chi connectivity index (χ2n) is 3.28. The number of aliphatic carboxylic acids is 1. The molecule has 18 heavy (non-hydrogen) atoms. The molecule has 0 radical (unpaired) electrons. The summed E-state index contributed by atoms with van der Waals surface area (Å²) in [4.78, 5) is 10.6. The molecule has 0 fully saturated rings. The van der Waals surface area contributed by atoms with Gasteiger partial charge in [0.2, 0.25) is 17.2 Å². The van der Waals surface area contributed by atoms with Crippen LogP contribution in [0.3, 0.4) is 0 Å². The number of methoxy groups -OCH3 is 3. The van der Waals surface area contributed by atoms with Crippen LogP contribution in [0.15, 0.2) is 0 Å². The van der Waals surface area contributed by atoms with Crippen LogP contribution < -0.4 is 14.2 Å². The van der Waals surface area contributed by atoms with E-state index in [9.17, 15) is 13.6 Å². The molecule has 1 N–H and O–H groups in total. The summed E-state index contributed by atoms with van der Waals surface area (Å²) in [6.07, 6.45) is -0.825. The maximum Gasteiger partial charge on any atom is 0.308 e. The summed E-state index contributed by atoms with van der Waals surface area (Å²) >= 11 is 0. The predicted octanol–water partition coefficient (Wildman–Crippen LogP) is 1.62. The first-order chi connectivity index (χ1) is 8.47. The molecule has 0 aliphatic heterocycles. The van der Waals surface area contributed by atoms with Crippen molar-refractivity contribution in [2.75, 3.05) is 21.3 Å². The zero-order chi connectivity index (χ0) is 13.9. The molecule has 0 saturated heterocycles. The molecule has 7 heteroatoms. The van der Waals surface area contributed by atoms with E-state index >= 15 is 0 Å². The Morgan fingerprint density at radius 3 is 1.67 bits per heavy atom. The third-order valence-corrected chi connectivity index (χ3v) is 2.28. The van der Waals surface area contributed by atoms with Gasteiger partial charge in [-0.1, -0.05) is 0 Å². The lowest BCUT2D eigenvalue weighted by Crippen LogP contribution is -2.09. The summed E-state index contributed by atoms with van der Waals surface area (Å²) in [5.74, 6) is -4.66. The van der Waals surface area contributed by atoms with E-state index in [0.29, 0.717) is 0 Å². The van der Waals surface area contributed by atoms with Crippen LogP contribution in [0.4, 0.5) is 8.78 Å². The van der Waals surface area contributed by atoms with Gasteiger partial charge >= 0.3 is 5.97 Å². The minimum Gasteiger partial charge on any atom is -0.490 e. The summed E-state index contributed by atoms with van der Waals surface area (Å²) in [6, 6.07) is 0. The average Bonchev–Trinajstić information content (AvgIpc) is 2.33. The molecule has 0 saturated carbocycles. The fraction of sp³-hybridized carbons (Fsp3) is 0.364. The molecule has 0 aromatic heterocycles. The van der Waals surface area contributed by atoms with E-state index in [1.54, 1.807) is 0 Å². The molecule has 1 aromatic carbocycles. The van der Waals surface area contributed by atoms with Gasteiger partial charge in [0.05, 0.1) is 27.8 Å². The molecule has 0 unspecified atom stereocenters. The third kappa shape index (κ3) is 2.29. The van der Waals surface area contributed by atoms with Crippen molar-refractivity contribution >= 4 is 5.97 Å². The van der Waals surface area contributed by atoms with Crippen molar-refractivity contribution in [2.24, 2.45) is 0 Å². The van der Waals surface area contributed by atoms with Crippen LogP contribution in [-0.4, -0.2) is 32.4 Å². The maximum atomic E-state index is 13.9. The Morgan fingerprint density at radius 2 is 1.39 bits per heavy atom. The third-order valence-electron chi connectivity index (χ3n) is 2.28. The lowest BCUT2D eigenvalue weighted by atomic mass is 10.1. The normalized spacial score (nSPS) is 10.1. The summed E-state index contributed by atoms with van der Waals surface area (Å²) in [6.45, 7) is 0. The maximum absolute atomic E-state index is 13.9. The minimum atomic E-state index is -1.37. The van der Waals surface area contributed by atoms with Crippen molar-refractivity contribution in [2.45, 2.75) is 6.42 Å². The van der Waals surface area contributed by atoms with Crippen LogP contribution in [0.1, 0.15) is 5.56 Å². The van der Waals surface area contributed by atoms with Crippen molar-refractivity contribution < 1.29 is 32.9 Å². The predicted molar refractivity (Wildman–Crippen MR) is 57.4 cm³/mol. The number of benzene rings is 1. The van der Waals surface area contributed by atoms with Crippen LogP contribution in [0, 0.1) is 11.6 Å². The zero-order valence-electron chi connectivity index (χ0n) is 10.0. The van der Waals surface area contributed by atoms with Gasteiger partial charge in [0.25, 0.3) is 0 Å². The highest BCUT2D eigenvalue weighted by Crippen LogP contribution is 2.43. The van der Waals surface area contributed by atoms with Gasteiger partial charge in [0.1, 0.15) is 0 Å². The first-order valence-electron chi connectivity index (χ1n) is 4.85. The molecule has 0 spiro atoms. The largest absolute Gasteiger partial charge is 0.490 e. The smallest absolute Gasteiger partial charge is 0.308 e. The van der Waals surface area contributed by atoms with Crippen molar-refractivity contribution in [1.29, 1.82) is 0 Å². The van der Waals surface area contributed by atoms with Gasteiger partial charge in [0, 0.05) is 5.56 Å². The van der Waals surface area contributed by atoms with Crippen molar-refractivity contribution in [3.8, 4) is 17.2 Å². The Bertz CT molecular complexity index is 442.